The van der Waals surface area contributed by atoms with E-state index in [1.54, 1.807) is 0 Å². The first-order chi connectivity index (χ1) is 10.2. The highest BCUT2D eigenvalue weighted by Gasteiger charge is 2.47. The SMILES string of the molecule is CC(C(=S)c1ccccc1)[C@H]1NC(=O)[C@@H]1[C@@H](C)O[Si](C)(C)C. The molecule has 2 rings (SSSR count). The Hall–Kier alpha value is -1.04. The molecule has 1 N–H and O–H groups in total. The topological polar surface area (TPSA) is 38.3 Å². The van der Waals surface area contributed by atoms with E-state index in [2.05, 4.69) is 31.9 Å². The van der Waals surface area contributed by atoms with Gasteiger partial charge in [0.15, 0.2) is 8.32 Å². The molecule has 120 valence electrons. The number of rotatable bonds is 6. The van der Waals surface area contributed by atoms with Gasteiger partial charge in [-0.25, -0.2) is 0 Å². The summed E-state index contributed by atoms with van der Waals surface area (Å²) in [5, 5.41) is 3.02. The third-order valence-corrected chi connectivity index (χ3v) is 5.74. The van der Waals surface area contributed by atoms with Crippen LogP contribution < -0.4 is 5.32 Å². The Morgan fingerprint density at radius 2 is 1.82 bits per heavy atom. The van der Waals surface area contributed by atoms with Crippen molar-refractivity contribution in [3.63, 3.8) is 0 Å². The van der Waals surface area contributed by atoms with Crippen molar-refractivity contribution in [1.29, 1.82) is 0 Å². The Bertz CT molecular complexity index is 556. The number of carbonyl (C=O) groups is 1. The van der Waals surface area contributed by atoms with Crippen LogP contribution in [0.15, 0.2) is 30.3 Å². The van der Waals surface area contributed by atoms with Gasteiger partial charge in [0.2, 0.25) is 5.91 Å². The van der Waals surface area contributed by atoms with Gasteiger partial charge < -0.3 is 9.74 Å². The molecule has 22 heavy (non-hydrogen) atoms. The number of hydrogen-bond acceptors (Lipinski definition) is 3. The zero-order valence-corrected chi connectivity index (χ0v) is 15.7. The lowest BCUT2D eigenvalue weighted by Gasteiger charge is -2.45. The van der Waals surface area contributed by atoms with Crippen LogP contribution in [-0.2, 0) is 9.22 Å². The Morgan fingerprint density at radius 3 is 2.32 bits per heavy atom. The third-order valence-electron chi connectivity index (χ3n) is 4.05. The van der Waals surface area contributed by atoms with Gasteiger partial charge in [-0.05, 0) is 32.1 Å². The maximum Gasteiger partial charge on any atom is 0.228 e. The number of nitrogens with one attached hydrogen (secondary N) is 1. The highest BCUT2D eigenvalue weighted by atomic mass is 32.1. The highest BCUT2D eigenvalue weighted by molar-refractivity contribution is 7.80. The summed E-state index contributed by atoms with van der Waals surface area (Å²) in [7, 11) is -1.66. The largest absolute Gasteiger partial charge is 0.414 e. The summed E-state index contributed by atoms with van der Waals surface area (Å²) in [6.45, 7) is 10.5. The quantitative estimate of drug-likeness (QED) is 0.375. The second-order valence-corrected chi connectivity index (χ2v) is 11.9. The Morgan fingerprint density at radius 1 is 1.23 bits per heavy atom. The summed E-state index contributed by atoms with van der Waals surface area (Å²) in [6, 6.07) is 10.1. The van der Waals surface area contributed by atoms with Crippen LogP contribution in [0.5, 0.6) is 0 Å². The fourth-order valence-corrected chi connectivity index (χ4v) is 4.56. The average molecular weight is 336 g/mol. The van der Waals surface area contributed by atoms with Crippen LogP contribution in [0.3, 0.4) is 0 Å². The van der Waals surface area contributed by atoms with Crippen molar-refractivity contribution < 1.29 is 9.22 Å². The molecule has 0 spiro atoms. The molecule has 1 aliphatic heterocycles. The minimum atomic E-state index is -1.66. The minimum absolute atomic E-state index is 0.0616. The smallest absolute Gasteiger partial charge is 0.228 e. The van der Waals surface area contributed by atoms with E-state index in [1.807, 2.05) is 37.3 Å². The monoisotopic (exact) mass is 335 g/mol. The zero-order valence-electron chi connectivity index (χ0n) is 13.9. The first kappa shape index (κ1) is 17.3. The lowest BCUT2D eigenvalue weighted by molar-refractivity contribution is -0.140. The molecule has 0 aromatic heterocycles. The summed E-state index contributed by atoms with van der Waals surface area (Å²) in [4.78, 5) is 12.9. The van der Waals surface area contributed by atoms with Gasteiger partial charge in [-0.2, -0.15) is 0 Å². The Labute approximate surface area is 139 Å². The molecule has 1 unspecified atom stereocenters. The van der Waals surface area contributed by atoms with E-state index >= 15 is 0 Å². The number of β-lactam (4-membered cyclic amide) rings is 1. The molecule has 1 heterocycles. The number of benzene rings is 1. The van der Waals surface area contributed by atoms with E-state index in [-0.39, 0.29) is 29.9 Å². The van der Waals surface area contributed by atoms with E-state index in [1.165, 1.54) is 0 Å². The molecule has 1 aliphatic rings. The molecule has 0 radical (unpaired) electrons. The molecule has 5 heteroatoms. The standard InChI is InChI=1S/C17H25NO2SSi/c1-11(16(21)13-9-7-6-8-10-13)15-14(17(19)18-15)12(2)20-22(3,4)5/h6-12,14-15H,1-5H3,(H,18,19)/t11?,12-,14-,15-/m1/s1. The fraction of sp³-hybridized carbons (Fsp3) is 0.529. The maximum absolute atomic E-state index is 12.0. The van der Waals surface area contributed by atoms with E-state index in [4.69, 9.17) is 16.6 Å². The number of hydrogen-bond donors (Lipinski definition) is 1. The lowest BCUT2D eigenvalue weighted by Crippen LogP contribution is -2.66. The number of thiocarbonyl (C=S) groups is 1. The summed E-state index contributed by atoms with van der Waals surface area (Å²) < 4.78 is 6.11. The van der Waals surface area contributed by atoms with Gasteiger partial charge in [0.25, 0.3) is 0 Å². The van der Waals surface area contributed by atoms with Crippen molar-refractivity contribution in [2.75, 3.05) is 0 Å². The molecular formula is C17H25NO2SSi. The van der Waals surface area contributed by atoms with Crippen molar-refractivity contribution in [2.45, 2.75) is 45.6 Å². The molecule has 1 aromatic rings. The Balaban J connectivity index is 2.08. The molecule has 1 aromatic carbocycles. The van der Waals surface area contributed by atoms with E-state index in [9.17, 15) is 4.79 Å². The van der Waals surface area contributed by atoms with Gasteiger partial charge in [-0.1, -0.05) is 49.5 Å². The molecule has 0 aliphatic carbocycles. The first-order valence-corrected chi connectivity index (χ1v) is 11.6. The van der Waals surface area contributed by atoms with Crippen molar-refractivity contribution in [1.82, 2.24) is 5.32 Å². The van der Waals surface area contributed by atoms with Gasteiger partial charge in [-0.3, -0.25) is 4.79 Å². The van der Waals surface area contributed by atoms with E-state index in [0.717, 1.165) is 10.4 Å². The highest BCUT2D eigenvalue weighted by Crippen LogP contribution is 2.30. The summed E-state index contributed by atoms with van der Waals surface area (Å²) in [5.41, 5.74) is 1.06. The fourth-order valence-electron chi connectivity index (χ4n) is 3.02. The Kier molecular flexibility index (Phi) is 5.20. The molecule has 1 amide bonds. The molecular weight excluding hydrogens is 310 g/mol. The van der Waals surface area contributed by atoms with Crippen LogP contribution in [0, 0.1) is 11.8 Å². The van der Waals surface area contributed by atoms with Crippen LogP contribution in [-0.4, -0.2) is 31.2 Å². The van der Waals surface area contributed by atoms with Crippen LogP contribution in [0.1, 0.15) is 19.4 Å². The van der Waals surface area contributed by atoms with Gasteiger partial charge in [0, 0.05) is 10.8 Å². The lowest BCUT2D eigenvalue weighted by atomic mass is 9.77. The van der Waals surface area contributed by atoms with Gasteiger partial charge in [-0.15, -0.1) is 0 Å². The number of amides is 1. The molecule has 4 atom stereocenters. The summed E-state index contributed by atoms with van der Waals surface area (Å²) >= 11 is 5.62. The van der Waals surface area contributed by atoms with Crippen molar-refractivity contribution in [3.05, 3.63) is 35.9 Å². The van der Waals surface area contributed by atoms with Gasteiger partial charge >= 0.3 is 0 Å². The van der Waals surface area contributed by atoms with Crippen molar-refractivity contribution >= 4 is 31.3 Å². The first-order valence-electron chi connectivity index (χ1n) is 7.78. The van der Waals surface area contributed by atoms with Gasteiger partial charge in [0.1, 0.15) is 0 Å². The third kappa shape index (κ3) is 3.83. The maximum atomic E-state index is 12.0. The van der Waals surface area contributed by atoms with Gasteiger partial charge in [0.05, 0.1) is 18.1 Å². The van der Waals surface area contributed by atoms with Crippen LogP contribution in [0.25, 0.3) is 0 Å². The van der Waals surface area contributed by atoms with E-state index < -0.39 is 8.32 Å². The summed E-state index contributed by atoms with van der Waals surface area (Å²) in [5.74, 6) is 0.0923. The predicted octanol–water partition coefficient (Wildman–Crippen LogP) is 3.40. The molecule has 1 fully saturated rings. The minimum Gasteiger partial charge on any atom is -0.414 e. The molecule has 3 nitrogen and oxygen atoms in total. The zero-order chi connectivity index (χ0) is 16.5. The number of carbonyl (C=O) groups excluding carboxylic acids is 1. The van der Waals surface area contributed by atoms with Crippen LogP contribution >= 0.6 is 12.2 Å². The molecule has 1 saturated heterocycles. The van der Waals surface area contributed by atoms with Crippen LogP contribution in [0.4, 0.5) is 0 Å². The predicted molar refractivity (Wildman–Crippen MR) is 96.6 cm³/mol. The molecule has 0 bridgehead atoms. The van der Waals surface area contributed by atoms with Crippen molar-refractivity contribution in [3.8, 4) is 0 Å². The van der Waals surface area contributed by atoms with E-state index in [0.29, 0.717) is 0 Å². The summed E-state index contributed by atoms with van der Waals surface area (Å²) in [6.07, 6.45) is -0.0635. The normalized spacial score (nSPS) is 24.1. The van der Waals surface area contributed by atoms with Crippen LogP contribution in [0.2, 0.25) is 19.6 Å². The van der Waals surface area contributed by atoms with Crippen molar-refractivity contribution in [2.24, 2.45) is 11.8 Å². The second-order valence-electron chi connectivity index (χ2n) is 7.01. The average Bonchev–Trinajstić information content (AvgIpc) is 2.41. The molecule has 0 saturated carbocycles. The second kappa shape index (κ2) is 6.60.